The number of amides is 1. The SMILES string of the molecule is CC(C)CCOC(C)C(=O)N1CC2CCCN2Cc2ccccc21. The van der Waals surface area contributed by atoms with Crippen molar-refractivity contribution in [2.24, 2.45) is 5.92 Å². The summed E-state index contributed by atoms with van der Waals surface area (Å²) in [6.45, 7) is 9.77. The molecule has 4 nitrogen and oxygen atoms in total. The number of para-hydroxylation sites is 1. The minimum Gasteiger partial charge on any atom is -0.369 e. The molecule has 2 unspecified atom stereocenters. The van der Waals surface area contributed by atoms with E-state index in [1.165, 1.54) is 18.4 Å². The molecule has 0 aromatic heterocycles. The molecular formula is C20H30N2O2. The van der Waals surface area contributed by atoms with Crippen LogP contribution in [0.4, 0.5) is 5.69 Å². The molecule has 0 aliphatic carbocycles. The highest BCUT2D eigenvalue weighted by molar-refractivity contribution is 5.97. The number of hydrogen-bond donors (Lipinski definition) is 0. The quantitative estimate of drug-likeness (QED) is 0.829. The van der Waals surface area contributed by atoms with E-state index in [-0.39, 0.29) is 12.0 Å². The van der Waals surface area contributed by atoms with Crippen molar-refractivity contribution in [3.05, 3.63) is 29.8 Å². The number of anilines is 1. The van der Waals surface area contributed by atoms with Gasteiger partial charge in [0.2, 0.25) is 0 Å². The molecule has 1 fully saturated rings. The van der Waals surface area contributed by atoms with Gasteiger partial charge in [0.1, 0.15) is 6.10 Å². The molecule has 1 amide bonds. The van der Waals surface area contributed by atoms with Gasteiger partial charge in [-0.2, -0.15) is 0 Å². The van der Waals surface area contributed by atoms with Gasteiger partial charge in [-0.15, -0.1) is 0 Å². The van der Waals surface area contributed by atoms with E-state index in [1.54, 1.807) is 0 Å². The first-order chi connectivity index (χ1) is 11.6. The topological polar surface area (TPSA) is 32.8 Å². The summed E-state index contributed by atoms with van der Waals surface area (Å²) in [4.78, 5) is 17.6. The van der Waals surface area contributed by atoms with Gasteiger partial charge in [0.15, 0.2) is 0 Å². The molecule has 1 aromatic carbocycles. The minimum absolute atomic E-state index is 0.0972. The smallest absolute Gasteiger partial charge is 0.255 e. The first-order valence-electron chi connectivity index (χ1n) is 9.31. The number of rotatable bonds is 5. The molecule has 0 bridgehead atoms. The zero-order valence-corrected chi connectivity index (χ0v) is 15.2. The van der Waals surface area contributed by atoms with Crippen LogP contribution >= 0.6 is 0 Å². The van der Waals surface area contributed by atoms with Crippen LogP contribution in [-0.4, -0.2) is 42.6 Å². The molecular weight excluding hydrogens is 300 g/mol. The first-order valence-corrected chi connectivity index (χ1v) is 9.31. The molecule has 132 valence electrons. The van der Waals surface area contributed by atoms with Crippen LogP contribution in [0, 0.1) is 5.92 Å². The highest BCUT2D eigenvalue weighted by Gasteiger charge is 2.34. The van der Waals surface area contributed by atoms with Gasteiger partial charge in [0.25, 0.3) is 5.91 Å². The summed E-state index contributed by atoms with van der Waals surface area (Å²) in [5.41, 5.74) is 2.32. The number of ether oxygens (including phenoxy) is 1. The van der Waals surface area contributed by atoms with Crippen LogP contribution in [-0.2, 0) is 16.1 Å². The summed E-state index contributed by atoms with van der Waals surface area (Å²) >= 11 is 0. The summed E-state index contributed by atoms with van der Waals surface area (Å²) in [7, 11) is 0. The van der Waals surface area contributed by atoms with E-state index in [0.717, 1.165) is 31.7 Å². The van der Waals surface area contributed by atoms with Crippen LogP contribution in [0.5, 0.6) is 0 Å². The van der Waals surface area contributed by atoms with Crippen molar-refractivity contribution in [1.29, 1.82) is 0 Å². The molecule has 0 saturated carbocycles. The van der Waals surface area contributed by atoms with E-state index in [4.69, 9.17) is 4.74 Å². The Morgan fingerprint density at radius 1 is 1.29 bits per heavy atom. The number of fused-ring (bicyclic) bond motifs is 2. The second-order valence-corrected chi connectivity index (χ2v) is 7.54. The van der Waals surface area contributed by atoms with E-state index >= 15 is 0 Å². The average Bonchev–Trinajstić information content (AvgIpc) is 2.93. The van der Waals surface area contributed by atoms with Crippen molar-refractivity contribution in [1.82, 2.24) is 4.90 Å². The van der Waals surface area contributed by atoms with Crippen molar-refractivity contribution in [3.8, 4) is 0 Å². The Labute approximate surface area is 145 Å². The maximum Gasteiger partial charge on any atom is 0.255 e. The van der Waals surface area contributed by atoms with Crippen molar-refractivity contribution >= 4 is 11.6 Å². The van der Waals surface area contributed by atoms with Crippen molar-refractivity contribution < 1.29 is 9.53 Å². The summed E-state index contributed by atoms with van der Waals surface area (Å²) in [6, 6.07) is 8.81. The van der Waals surface area contributed by atoms with E-state index < -0.39 is 0 Å². The lowest BCUT2D eigenvalue weighted by atomic mass is 10.1. The maximum absolute atomic E-state index is 13.1. The third kappa shape index (κ3) is 3.81. The van der Waals surface area contributed by atoms with Crippen LogP contribution in [0.25, 0.3) is 0 Å². The Morgan fingerprint density at radius 3 is 2.88 bits per heavy atom. The zero-order valence-electron chi connectivity index (χ0n) is 15.2. The van der Waals surface area contributed by atoms with Gasteiger partial charge in [0, 0.05) is 31.4 Å². The van der Waals surface area contributed by atoms with Gasteiger partial charge in [0.05, 0.1) is 0 Å². The Kier molecular flexibility index (Phi) is 5.57. The normalized spacial score (nSPS) is 22.2. The van der Waals surface area contributed by atoms with Gasteiger partial charge in [-0.05, 0) is 50.3 Å². The highest BCUT2D eigenvalue weighted by atomic mass is 16.5. The van der Waals surface area contributed by atoms with Crippen molar-refractivity contribution in [3.63, 3.8) is 0 Å². The number of carbonyl (C=O) groups is 1. The van der Waals surface area contributed by atoms with Gasteiger partial charge < -0.3 is 9.64 Å². The lowest BCUT2D eigenvalue weighted by Gasteiger charge is -2.28. The third-order valence-electron chi connectivity index (χ3n) is 5.23. The molecule has 0 N–H and O–H groups in total. The molecule has 24 heavy (non-hydrogen) atoms. The Hall–Kier alpha value is -1.39. The lowest BCUT2D eigenvalue weighted by molar-refractivity contribution is -0.129. The third-order valence-corrected chi connectivity index (χ3v) is 5.23. The molecule has 2 atom stereocenters. The molecule has 4 heteroatoms. The molecule has 2 aliphatic heterocycles. The van der Waals surface area contributed by atoms with Crippen molar-refractivity contribution in [2.45, 2.75) is 58.7 Å². The van der Waals surface area contributed by atoms with Gasteiger partial charge in [-0.3, -0.25) is 9.69 Å². The van der Waals surface area contributed by atoms with E-state index in [1.807, 2.05) is 17.9 Å². The predicted octanol–water partition coefficient (Wildman–Crippen LogP) is 3.45. The van der Waals surface area contributed by atoms with E-state index in [9.17, 15) is 4.79 Å². The average molecular weight is 330 g/mol. The predicted molar refractivity (Wildman–Crippen MR) is 97.1 cm³/mol. The zero-order chi connectivity index (χ0) is 17.1. The molecule has 0 spiro atoms. The Morgan fingerprint density at radius 2 is 2.08 bits per heavy atom. The standard InChI is InChI=1S/C20H30N2O2/c1-15(2)10-12-24-16(3)20(23)22-14-18-8-6-11-21(18)13-17-7-4-5-9-19(17)22/h4-5,7,9,15-16,18H,6,8,10-14H2,1-3H3. The number of nitrogens with zero attached hydrogens (tertiary/aromatic N) is 2. The van der Waals surface area contributed by atoms with Gasteiger partial charge >= 0.3 is 0 Å². The monoisotopic (exact) mass is 330 g/mol. The molecule has 1 aromatic rings. The summed E-state index contributed by atoms with van der Waals surface area (Å²) in [6.07, 6.45) is 3.02. The number of hydrogen-bond acceptors (Lipinski definition) is 3. The Bertz CT molecular complexity index is 573. The maximum atomic E-state index is 13.1. The molecule has 1 saturated heterocycles. The summed E-state index contributed by atoms with van der Waals surface area (Å²) in [5.74, 6) is 0.693. The number of benzene rings is 1. The second-order valence-electron chi connectivity index (χ2n) is 7.54. The second kappa shape index (κ2) is 7.66. The van der Waals surface area contributed by atoms with Crippen LogP contribution in [0.15, 0.2) is 24.3 Å². The fourth-order valence-electron chi connectivity index (χ4n) is 3.73. The van der Waals surface area contributed by atoms with Crippen LogP contribution < -0.4 is 4.90 Å². The largest absolute Gasteiger partial charge is 0.369 e. The fraction of sp³-hybridized carbons (Fsp3) is 0.650. The fourth-order valence-corrected chi connectivity index (χ4v) is 3.73. The van der Waals surface area contributed by atoms with Gasteiger partial charge in [-0.1, -0.05) is 32.0 Å². The molecule has 3 rings (SSSR count). The van der Waals surface area contributed by atoms with Crippen LogP contribution in [0.1, 0.15) is 45.6 Å². The van der Waals surface area contributed by atoms with E-state index in [0.29, 0.717) is 18.6 Å². The first kappa shape index (κ1) is 17.4. The molecule has 2 aliphatic rings. The van der Waals surface area contributed by atoms with Crippen LogP contribution in [0.3, 0.4) is 0 Å². The van der Waals surface area contributed by atoms with Crippen LogP contribution in [0.2, 0.25) is 0 Å². The van der Waals surface area contributed by atoms with E-state index in [2.05, 4.69) is 36.9 Å². The molecule has 0 radical (unpaired) electrons. The summed E-state index contributed by atoms with van der Waals surface area (Å²) in [5, 5.41) is 0. The van der Waals surface area contributed by atoms with Crippen molar-refractivity contribution in [2.75, 3.05) is 24.6 Å². The minimum atomic E-state index is -0.384. The highest BCUT2D eigenvalue weighted by Crippen LogP contribution is 2.32. The van der Waals surface area contributed by atoms with Gasteiger partial charge in [-0.25, -0.2) is 0 Å². The number of carbonyl (C=O) groups excluding carboxylic acids is 1. The lowest BCUT2D eigenvalue weighted by Crippen LogP contribution is -2.45. The molecule has 2 heterocycles. The summed E-state index contributed by atoms with van der Waals surface area (Å²) < 4.78 is 5.83. The Balaban J connectivity index is 1.76.